The molecule has 0 aromatic rings. The highest BCUT2D eigenvalue weighted by Gasteiger charge is 2.44. The van der Waals surface area contributed by atoms with Crippen LogP contribution in [0.5, 0.6) is 0 Å². The predicted molar refractivity (Wildman–Crippen MR) is 61.7 cm³/mol. The first-order valence-corrected chi connectivity index (χ1v) is 6.18. The van der Waals surface area contributed by atoms with Crippen LogP contribution in [0, 0.1) is 0 Å². The number of piperidine rings is 1. The average molecular weight is 243 g/mol. The lowest BCUT2D eigenvalue weighted by Gasteiger charge is -2.39. The summed E-state index contributed by atoms with van der Waals surface area (Å²) in [7, 11) is 0. The van der Waals surface area contributed by atoms with E-state index in [1.165, 1.54) is 0 Å². The molecular formula is C12H21NO4. The van der Waals surface area contributed by atoms with Crippen molar-refractivity contribution in [2.45, 2.75) is 57.5 Å². The van der Waals surface area contributed by atoms with E-state index in [0.29, 0.717) is 19.6 Å². The van der Waals surface area contributed by atoms with Crippen LogP contribution in [0.2, 0.25) is 0 Å². The fourth-order valence-electron chi connectivity index (χ4n) is 2.45. The summed E-state index contributed by atoms with van der Waals surface area (Å²) in [6.07, 6.45) is 0.337. The van der Waals surface area contributed by atoms with Crippen LogP contribution >= 0.6 is 0 Å². The number of ether oxygens (including phenoxy) is 2. The zero-order chi connectivity index (χ0) is 12.6. The first-order chi connectivity index (χ1) is 7.88. The standard InChI is InChI=1S/C12H21NO4/c1-12(2,3)17-11(15)13-6-4-9(14)10-8(13)5-7-16-10/h8-10,14H,4-7H2,1-3H3/t8-,9-,10-/m0/s1. The van der Waals surface area contributed by atoms with Crippen LogP contribution in [0.4, 0.5) is 4.79 Å². The van der Waals surface area contributed by atoms with Gasteiger partial charge in [0.15, 0.2) is 0 Å². The molecule has 2 aliphatic rings. The molecule has 3 atom stereocenters. The van der Waals surface area contributed by atoms with E-state index in [4.69, 9.17) is 9.47 Å². The fraction of sp³-hybridized carbons (Fsp3) is 0.917. The maximum atomic E-state index is 12.0. The minimum absolute atomic E-state index is 0.0337. The lowest BCUT2D eigenvalue weighted by atomic mass is 9.96. The van der Waals surface area contributed by atoms with Crippen molar-refractivity contribution in [3.05, 3.63) is 0 Å². The van der Waals surface area contributed by atoms with Gasteiger partial charge in [-0.15, -0.1) is 0 Å². The van der Waals surface area contributed by atoms with Gasteiger partial charge in [-0.1, -0.05) is 0 Å². The average Bonchev–Trinajstić information content (AvgIpc) is 2.64. The van der Waals surface area contributed by atoms with E-state index in [1.807, 2.05) is 20.8 Å². The highest BCUT2D eigenvalue weighted by Crippen LogP contribution is 2.29. The number of hydrogen-bond donors (Lipinski definition) is 1. The monoisotopic (exact) mass is 243 g/mol. The molecule has 2 saturated heterocycles. The molecule has 5 heteroatoms. The van der Waals surface area contributed by atoms with Gasteiger partial charge in [0, 0.05) is 13.2 Å². The number of amides is 1. The van der Waals surface area contributed by atoms with Crippen molar-refractivity contribution >= 4 is 6.09 Å². The van der Waals surface area contributed by atoms with Gasteiger partial charge in [0.05, 0.1) is 12.1 Å². The van der Waals surface area contributed by atoms with E-state index in [1.54, 1.807) is 4.90 Å². The molecule has 0 unspecified atom stereocenters. The van der Waals surface area contributed by atoms with E-state index in [0.717, 1.165) is 6.42 Å². The Morgan fingerprint density at radius 1 is 1.41 bits per heavy atom. The third-order valence-electron chi connectivity index (χ3n) is 3.18. The Kier molecular flexibility index (Phi) is 3.32. The molecule has 17 heavy (non-hydrogen) atoms. The Morgan fingerprint density at radius 2 is 2.12 bits per heavy atom. The highest BCUT2D eigenvalue weighted by molar-refractivity contribution is 5.69. The first-order valence-electron chi connectivity index (χ1n) is 6.18. The number of rotatable bonds is 0. The van der Waals surface area contributed by atoms with E-state index in [-0.39, 0.29) is 18.2 Å². The Labute approximate surface area is 102 Å². The zero-order valence-electron chi connectivity index (χ0n) is 10.7. The molecule has 0 aromatic carbocycles. The van der Waals surface area contributed by atoms with Crippen LogP contribution in [0.3, 0.4) is 0 Å². The van der Waals surface area contributed by atoms with Crippen molar-refractivity contribution in [3.63, 3.8) is 0 Å². The SMILES string of the molecule is CC(C)(C)OC(=O)N1CC[C@H](O)[C@H]2OCC[C@@H]21. The van der Waals surface area contributed by atoms with Gasteiger partial charge < -0.3 is 19.5 Å². The molecule has 1 amide bonds. The molecule has 0 aliphatic carbocycles. The largest absolute Gasteiger partial charge is 0.444 e. The summed E-state index contributed by atoms with van der Waals surface area (Å²) in [4.78, 5) is 13.7. The molecule has 2 aliphatic heterocycles. The highest BCUT2D eigenvalue weighted by atomic mass is 16.6. The van der Waals surface area contributed by atoms with E-state index in [9.17, 15) is 9.90 Å². The van der Waals surface area contributed by atoms with Crippen molar-refractivity contribution in [3.8, 4) is 0 Å². The molecule has 0 saturated carbocycles. The quantitative estimate of drug-likeness (QED) is 0.693. The molecule has 2 rings (SSSR count). The maximum Gasteiger partial charge on any atom is 0.410 e. The second kappa shape index (κ2) is 4.46. The lowest BCUT2D eigenvalue weighted by molar-refractivity contribution is -0.0687. The number of hydrogen-bond acceptors (Lipinski definition) is 4. The predicted octanol–water partition coefficient (Wildman–Crippen LogP) is 1.15. The Hall–Kier alpha value is -0.810. The minimum atomic E-state index is -0.484. The third kappa shape index (κ3) is 2.72. The van der Waals surface area contributed by atoms with E-state index < -0.39 is 11.7 Å². The minimum Gasteiger partial charge on any atom is -0.444 e. The molecule has 2 heterocycles. The summed E-state index contributed by atoms with van der Waals surface area (Å²) in [5, 5.41) is 9.81. The molecule has 98 valence electrons. The van der Waals surface area contributed by atoms with Gasteiger partial charge in [0.1, 0.15) is 11.7 Å². The summed E-state index contributed by atoms with van der Waals surface area (Å²) in [6, 6.07) is -0.0337. The number of carbonyl (C=O) groups is 1. The second-order valence-electron chi connectivity index (χ2n) is 5.72. The number of fused-ring (bicyclic) bond motifs is 1. The molecule has 2 fully saturated rings. The lowest BCUT2D eigenvalue weighted by Crippen LogP contribution is -2.55. The van der Waals surface area contributed by atoms with Crippen LogP contribution in [0.15, 0.2) is 0 Å². The van der Waals surface area contributed by atoms with E-state index >= 15 is 0 Å². The molecule has 0 bridgehead atoms. The molecule has 0 radical (unpaired) electrons. The van der Waals surface area contributed by atoms with Gasteiger partial charge in [-0.3, -0.25) is 0 Å². The Morgan fingerprint density at radius 3 is 2.76 bits per heavy atom. The zero-order valence-corrected chi connectivity index (χ0v) is 10.7. The topological polar surface area (TPSA) is 59.0 Å². The molecular weight excluding hydrogens is 222 g/mol. The van der Waals surface area contributed by atoms with Crippen LogP contribution in [-0.2, 0) is 9.47 Å². The van der Waals surface area contributed by atoms with Crippen molar-refractivity contribution < 1.29 is 19.4 Å². The van der Waals surface area contributed by atoms with Crippen LogP contribution in [0.1, 0.15) is 33.6 Å². The number of likely N-dealkylation sites (tertiary alicyclic amines) is 1. The Balaban J connectivity index is 2.03. The van der Waals surface area contributed by atoms with Gasteiger partial charge >= 0.3 is 6.09 Å². The number of aliphatic hydroxyl groups is 1. The Bertz CT molecular complexity index is 299. The van der Waals surface area contributed by atoms with Gasteiger partial charge in [-0.05, 0) is 33.6 Å². The van der Waals surface area contributed by atoms with Crippen molar-refractivity contribution in [2.75, 3.05) is 13.2 Å². The fourth-order valence-corrected chi connectivity index (χ4v) is 2.45. The molecule has 0 spiro atoms. The van der Waals surface area contributed by atoms with Gasteiger partial charge in [0.2, 0.25) is 0 Å². The molecule has 5 nitrogen and oxygen atoms in total. The normalized spacial score (nSPS) is 33.4. The number of carbonyl (C=O) groups excluding carboxylic acids is 1. The number of nitrogens with zero attached hydrogens (tertiary/aromatic N) is 1. The summed E-state index contributed by atoms with van der Waals surface area (Å²) in [5.41, 5.74) is -0.484. The van der Waals surface area contributed by atoms with E-state index in [2.05, 4.69) is 0 Å². The summed E-state index contributed by atoms with van der Waals surface area (Å²) >= 11 is 0. The molecule has 0 aromatic heterocycles. The van der Waals surface area contributed by atoms with Gasteiger partial charge in [-0.2, -0.15) is 0 Å². The second-order valence-corrected chi connectivity index (χ2v) is 5.72. The van der Waals surface area contributed by atoms with Crippen LogP contribution in [-0.4, -0.2) is 53.1 Å². The van der Waals surface area contributed by atoms with Crippen molar-refractivity contribution in [1.82, 2.24) is 4.90 Å². The van der Waals surface area contributed by atoms with Gasteiger partial charge in [-0.25, -0.2) is 4.79 Å². The van der Waals surface area contributed by atoms with Gasteiger partial charge in [0.25, 0.3) is 0 Å². The smallest absolute Gasteiger partial charge is 0.410 e. The van der Waals surface area contributed by atoms with Crippen molar-refractivity contribution in [2.24, 2.45) is 0 Å². The van der Waals surface area contributed by atoms with Crippen molar-refractivity contribution in [1.29, 1.82) is 0 Å². The summed E-state index contributed by atoms with van der Waals surface area (Å²) in [6.45, 7) is 6.71. The summed E-state index contributed by atoms with van der Waals surface area (Å²) in [5.74, 6) is 0. The number of aliphatic hydroxyl groups excluding tert-OH is 1. The van der Waals surface area contributed by atoms with Crippen LogP contribution < -0.4 is 0 Å². The first kappa shape index (κ1) is 12.6. The van der Waals surface area contributed by atoms with Crippen LogP contribution in [0.25, 0.3) is 0 Å². The maximum absolute atomic E-state index is 12.0. The molecule has 1 N–H and O–H groups in total. The summed E-state index contributed by atoms with van der Waals surface area (Å²) < 4.78 is 10.9. The third-order valence-corrected chi connectivity index (χ3v) is 3.18.